The molecule has 0 saturated carbocycles. The van der Waals surface area contributed by atoms with Crippen molar-refractivity contribution in [2.45, 2.75) is 38.9 Å². The second-order valence-corrected chi connectivity index (χ2v) is 22.9. The molecule has 494 valence electrons. The largest absolute Gasteiger partial charge is 1.00 e. The molecule has 21 heteroatoms. The van der Waals surface area contributed by atoms with E-state index in [1.807, 2.05) is 6.08 Å². The third-order valence-corrected chi connectivity index (χ3v) is 14.0. The first-order valence-electron chi connectivity index (χ1n) is 29.2. The van der Waals surface area contributed by atoms with Gasteiger partial charge in [0.05, 0.1) is 0 Å². The Balaban J connectivity index is 0.000000238. The third-order valence-electron chi connectivity index (χ3n) is 13.5. The van der Waals surface area contributed by atoms with Gasteiger partial charge in [-0.05, 0) is 231 Å². The molecule has 0 aliphatic heterocycles. The van der Waals surface area contributed by atoms with Crippen LogP contribution in [-0.2, 0) is 19.3 Å². The molecule has 0 aliphatic rings. The number of carbonyl (C=O) groups excluding carboxylic acids is 5. The fraction of sp³-hybridized carbons (Fsp3) is 0.0779. The molecule has 7 N–H and O–H groups in total. The van der Waals surface area contributed by atoms with Gasteiger partial charge in [0, 0.05) is 50.5 Å². The summed E-state index contributed by atoms with van der Waals surface area (Å²) >= 11 is 11.8. The Morgan fingerprint density at radius 3 is 0.908 bits per heavy atom. The smallest absolute Gasteiger partial charge is 0.662 e. The van der Waals surface area contributed by atoms with Crippen molar-refractivity contribution < 1.29 is 158 Å². The number of halogens is 2. The second kappa shape index (κ2) is 36.9. The normalized spacial score (nSPS) is 10.9. The predicted molar refractivity (Wildman–Crippen MR) is 368 cm³/mol. The average molecular weight is 1480 g/mol. The molecule has 0 aromatic heterocycles. The number of carbonyl (C=O) groups is 5. The van der Waals surface area contributed by atoms with Crippen molar-refractivity contribution >= 4 is 89.6 Å². The number of phenols is 7. The van der Waals surface area contributed by atoms with Gasteiger partial charge in [0.2, 0.25) is 11.2 Å². The van der Waals surface area contributed by atoms with E-state index in [9.17, 15) is 49.8 Å². The number of hydrogen-bond donors (Lipinski definition) is 7. The van der Waals surface area contributed by atoms with Crippen molar-refractivity contribution in [3.05, 3.63) is 290 Å². The number of aromatic hydroxyl groups is 7. The molecule has 0 aliphatic carbocycles. The summed E-state index contributed by atoms with van der Waals surface area (Å²) in [6, 6.07) is 59.7. The van der Waals surface area contributed by atoms with Crippen LogP contribution in [0.3, 0.4) is 0 Å². The molecule has 0 unspecified atom stereocenters. The maximum Gasteiger partial charge on any atom is 1.00 e. The quantitative estimate of drug-likeness (QED) is 0.00753. The van der Waals surface area contributed by atoms with Crippen molar-refractivity contribution in [1.82, 2.24) is 0 Å². The first kappa shape index (κ1) is 77.0. The molecular weight excluding hydrogens is 1420 g/mol. The number of ketones is 2. The zero-order chi connectivity index (χ0) is 70.2. The van der Waals surface area contributed by atoms with Gasteiger partial charge in [-0.2, -0.15) is 0 Å². The van der Waals surface area contributed by atoms with E-state index in [-0.39, 0.29) is 133 Å². The Morgan fingerprint density at radius 1 is 0.337 bits per heavy atom. The second-order valence-electron chi connectivity index (χ2n) is 22.0. The zero-order valence-corrected chi connectivity index (χ0v) is 61.1. The molecule has 0 saturated heterocycles. The summed E-state index contributed by atoms with van der Waals surface area (Å²) < 4.78 is 22.8. The molecule has 10 aromatic carbocycles. The monoisotopic (exact) mass is 1480 g/mol. The number of ether oxygens (including phenoxy) is 4. The van der Waals surface area contributed by atoms with Crippen molar-refractivity contribution in [1.29, 1.82) is 0 Å². The summed E-state index contributed by atoms with van der Waals surface area (Å²) in [5.74, 6) is 0.0450. The summed E-state index contributed by atoms with van der Waals surface area (Å²) in [5, 5.41) is 76.0. The standard InChI is InChI=1S/2C31H25ClO6.C14H12O3.CH2O3.Cs/c1-31(2,38-28-15-9-23(10-16-28)29(35)22-7-11-24(32)12-8-22)30(36)37-27-13-5-20(6-14-27)3-4-21-17-25(33)19-26(34)18-21;1-31(2,38-27-15-9-23(10-16-27)29(35)22-7-11-24(32)12-8-22)30(36)37-28-18-21(17-26(34)19-28)4-3-20-5-13-25(33)14-6-20;15-12-5-3-10(4-6-12)1-2-11-7-13(16)9-14(17)8-11;2-1-4-3;/h2*3-19,33-34H,1-2H3;1-9,15-17H;1,3H;/q;;;;+1/p-1/b2*4-3+;2-1+;;. The maximum absolute atomic E-state index is 12.9. The molecule has 0 radical (unpaired) electrons. The van der Waals surface area contributed by atoms with Crippen LogP contribution in [0.2, 0.25) is 10.0 Å². The molecule has 0 spiro atoms. The number of rotatable bonds is 19. The van der Waals surface area contributed by atoms with Crippen LogP contribution >= 0.6 is 23.2 Å². The first-order valence-corrected chi connectivity index (χ1v) is 30.0. The summed E-state index contributed by atoms with van der Waals surface area (Å²) in [4.78, 5) is 62.3. The molecular formula is C77H63Cl2CsO18. The molecule has 10 aromatic rings. The SMILES string of the molecule is CC(C)(Oc1ccc(C(=O)c2ccc(Cl)cc2)cc1)C(=O)Oc1cc(O)cc(/C=C/c2ccc(O)cc2)c1.CC(C)(Oc1ccc(C(=O)c2ccc(Cl)cc2)cc1)C(=O)Oc1ccc(/C=C/c2cc(O)cc(O)c2)cc1.O=CO[O-].Oc1ccc(/C=C/c2cc(O)cc(O)c2)cc1.[Cs+]. The van der Waals surface area contributed by atoms with Crippen molar-refractivity contribution in [3.63, 3.8) is 0 Å². The Hall–Kier alpha value is -10.0. The zero-order valence-electron chi connectivity index (χ0n) is 53.3. The van der Waals surface area contributed by atoms with E-state index in [4.69, 9.17) is 57.3 Å². The molecule has 0 amide bonds. The number of hydrogen-bond acceptors (Lipinski definition) is 18. The van der Waals surface area contributed by atoms with Crippen molar-refractivity contribution in [2.24, 2.45) is 0 Å². The van der Waals surface area contributed by atoms with Crippen LogP contribution < -0.4 is 93.1 Å². The van der Waals surface area contributed by atoms with Gasteiger partial charge in [-0.3, -0.25) is 14.4 Å². The first-order chi connectivity index (χ1) is 46.2. The minimum absolute atomic E-state index is 0. The van der Waals surface area contributed by atoms with Gasteiger partial charge in [-0.25, -0.2) is 9.59 Å². The van der Waals surface area contributed by atoms with E-state index < -0.39 is 23.1 Å². The molecule has 0 bridgehead atoms. The van der Waals surface area contributed by atoms with Crippen molar-refractivity contribution in [3.8, 4) is 63.2 Å². The number of benzene rings is 10. The Labute approximate surface area is 633 Å². The van der Waals surface area contributed by atoms with Crippen LogP contribution in [0, 0.1) is 0 Å². The Bertz CT molecular complexity index is 4380. The number of esters is 2. The third kappa shape index (κ3) is 24.9. The van der Waals surface area contributed by atoms with E-state index >= 15 is 0 Å². The molecule has 0 fully saturated rings. The van der Waals surface area contributed by atoms with Crippen LogP contribution in [0.4, 0.5) is 0 Å². The van der Waals surface area contributed by atoms with E-state index in [2.05, 4.69) is 4.89 Å². The van der Waals surface area contributed by atoms with Crippen LogP contribution in [0.5, 0.6) is 63.2 Å². The molecule has 0 heterocycles. The van der Waals surface area contributed by atoms with Gasteiger partial charge < -0.3 is 64.8 Å². The minimum Gasteiger partial charge on any atom is -0.662 e. The van der Waals surface area contributed by atoms with E-state index in [1.165, 1.54) is 36.4 Å². The van der Waals surface area contributed by atoms with Crippen LogP contribution in [0.15, 0.2) is 224 Å². The maximum atomic E-state index is 12.9. The molecule has 0 atom stereocenters. The van der Waals surface area contributed by atoms with Crippen LogP contribution in [-0.4, -0.2) is 76.9 Å². The fourth-order valence-corrected chi connectivity index (χ4v) is 8.85. The van der Waals surface area contributed by atoms with Gasteiger partial charge >= 0.3 is 80.8 Å². The van der Waals surface area contributed by atoms with Crippen LogP contribution in [0.25, 0.3) is 36.5 Å². The molecule has 10 rings (SSSR count). The van der Waals surface area contributed by atoms with Crippen LogP contribution in [0.1, 0.15) is 92.9 Å². The van der Waals surface area contributed by atoms with E-state index in [0.29, 0.717) is 66.2 Å². The summed E-state index contributed by atoms with van der Waals surface area (Å²) in [6.07, 6.45) is 10.7. The van der Waals surface area contributed by atoms with Gasteiger partial charge in [-0.15, -0.1) is 0 Å². The fourth-order valence-electron chi connectivity index (χ4n) is 8.60. The van der Waals surface area contributed by atoms with E-state index in [1.54, 1.807) is 246 Å². The molecule has 18 nitrogen and oxygen atoms in total. The van der Waals surface area contributed by atoms with Gasteiger partial charge in [-0.1, -0.05) is 96.1 Å². The summed E-state index contributed by atoms with van der Waals surface area (Å²) in [7, 11) is 0. The number of phenolic OH excluding ortho intramolecular Hbond substituents is 7. The topological polar surface area (TPSA) is 296 Å². The van der Waals surface area contributed by atoms with Gasteiger partial charge in [0.25, 0.3) is 6.47 Å². The minimum atomic E-state index is -1.37. The predicted octanol–water partition coefficient (Wildman–Crippen LogP) is 12.2. The average Bonchev–Trinajstić information content (AvgIpc) is 0.885. The Morgan fingerprint density at radius 2 is 0.592 bits per heavy atom. The summed E-state index contributed by atoms with van der Waals surface area (Å²) in [6.45, 7) is 6.15. The molecule has 98 heavy (non-hydrogen) atoms. The summed E-state index contributed by atoms with van der Waals surface area (Å²) in [5.41, 5.74) is 3.87. The van der Waals surface area contributed by atoms with E-state index in [0.717, 1.165) is 16.7 Å². The van der Waals surface area contributed by atoms with Crippen molar-refractivity contribution in [2.75, 3.05) is 0 Å². The Kier molecular flexibility index (Phi) is 29.0. The van der Waals surface area contributed by atoms with Gasteiger partial charge in [0.15, 0.2) is 11.6 Å². The van der Waals surface area contributed by atoms with Gasteiger partial charge in [0.1, 0.15) is 63.2 Å².